The van der Waals surface area contributed by atoms with E-state index in [-0.39, 0.29) is 6.79 Å². The third kappa shape index (κ3) is 3.00. The van der Waals surface area contributed by atoms with Crippen molar-refractivity contribution in [1.29, 1.82) is 0 Å². The number of benzene rings is 1. The van der Waals surface area contributed by atoms with Crippen molar-refractivity contribution in [2.45, 2.75) is 25.8 Å². The topological polar surface area (TPSA) is 59.1 Å². The Morgan fingerprint density at radius 2 is 1.86 bits per heavy atom. The van der Waals surface area contributed by atoms with Crippen LogP contribution in [-0.2, 0) is 16.8 Å². The second-order valence-electron chi connectivity index (χ2n) is 5.41. The van der Waals surface area contributed by atoms with Crippen LogP contribution in [0.5, 0.6) is 11.5 Å². The van der Waals surface area contributed by atoms with Crippen molar-refractivity contribution in [2.75, 3.05) is 26.9 Å². The van der Waals surface area contributed by atoms with Crippen LogP contribution >= 0.6 is 0 Å². The molecule has 2 heterocycles. The molecule has 0 spiro atoms. The highest BCUT2D eigenvalue weighted by molar-refractivity contribution is 7.86. The van der Waals surface area contributed by atoms with Crippen molar-refractivity contribution in [3.8, 4) is 11.5 Å². The van der Waals surface area contributed by atoms with E-state index in [9.17, 15) is 8.42 Å². The summed E-state index contributed by atoms with van der Waals surface area (Å²) >= 11 is 0. The molecule has 116 valence electrons. The van der Waals surface area contributed by atoms with Crippen molar-refractivity contribution in [3.63, 3.8) is 0 Å². The van der Waals surface area contributed by atoms with E-state index in [0.29, 0.717) is 31.1 Å². The Hall–Kier alpha value is -1.31. The van der Waals surface area contributed by atoms with E-state index in [1.807, 2.05) is 18.2 Å². The quantitative estimate of drug-likeness (QED) is 0.847. The Labute approximate surface area is 125 Å². The standard InChI is InChI=1S/C14H20N2O4S/c1-15(21(17,18)16-7-3-2-4-8-16)10-12-5-6-13-14(9-12)20-11-19-13/h5-6,9H,2-4,7-8,10-11H2,1H3. The largest absolute Gasteiger partial charge is 0.454 e. The van der Waals surface area contributed by atoms with Crippen LogP contribution in [0.25, 0.3) is 0 Å². The van der Waals surface area contributed by atoms with Crippen LogP contribution in [-0.4, -0.2) is 44.0 Å². The van der Waals surface area contributed by atoms with Crippen molar-refractivity contribution in [2.24, 2.45) is 0 Å². The average molecular weight is 312 g/mol. The number of rotatable bonds is 4. The highest BCUT2D eigenvalue weighted by atomic mass is 32.2. The number of nitrogens with zero attached hydrogens (tertiary/aromatic N) is 2. The highest BCUT2D eigenvalue weighted by Crippen LogP contribution is 2.33. The molecule has 3 rings (SSSR count). The first-order valence-electron chi connectivity index (χ1n) is 7.17. The Bertz CT molecular complexity index is 611. The Balaban J connectivity index is 1.71. The van der Waals surface area contributed by atoms with Gasteiger partial charge in [-0.1, -0.05) is 12.5 Å². The molecule has 0 aliphatic carbocycles. The van der Waals surface area contributed by atoms with Gasteiger partial charge in [-0.05, 0) is 30.5 Å². The molecule has 0 amide bonds. The molecule has 0 bridgehead atoms. The minimum absolute atomic E-state index is 0.223. The summed E-state index contributed by atoms with van der Waals surface area (Å²) < 4.78 is 38.6. The summed E-state index contributed by atoms with van der Waals surface area (Å²) in [5.74, 6) is 1.39. The molecule has 6 nitrogen and oxygen atoms in total. The molecule has 2 aliphatic heterocycles. The zero-order valence-electron chi connectivity index (χ0n) is 12.1. The predicted octanol–water partition coefficient (Wildman–Crippen LogP) is 1.58. The number of fused-ring (bicyclic) bond motifs is 1. The van der Waals surface area contributed by atoms with E-state index < -0.39 is 10.2 Å². The van der Waals surface area contributed by atoms with Gasteiger partial charge < -0.3 is 9.47 Å². The molecule has 0 unspecified atom stereocenters. The first-order chi connectivity index (χ1) is 10.1. The maximum Gasteiger partial charge on any atom is 0.282 e. The zero-order valence-corrected chi connectivity index (χ0v) is 12.9. The van der Waals surface area contributed by atoms with E-state index in [1.165, 1.54) is 4.31 Å². The van der Waals surface area contributed by atoms with Gasteiger partial charge in [-0.3, -0.25) is 0 Å². The number of hydrogen-bond donors (Lipinski definition) is 0. The van der Waals surface area contributed by atoms with E-state index in [2.05, 4.69) is 0 Å². The lowest BCUT2D eigenvalue weighted by Gasteiger charge is -2.30. The highest BCUT2D eigenvalue weighted by Gasteiger charge is 2.28. The average Bonchev–Trinajstić information content (AvgIpc) is 2.95. The normalized spacial score (nSPS) is 19.1. The van der Waals surface area contributed by atoms with Crippen LogP contribution in [0.3, 0.4) is 0 Å². The van der Waals surface area contributed by atoms with E-state index in [0.717, 1.165) is 24.8 Å². The molecule has 1 aromatic rings. The number of ether oxygens (including phenoxy) is 2. The second-order valence-corrected chi connectivity index (χ2v) is 7.45. The maximum absolute atomic E-state index is 12.5. The van der Waals surface area contributed by atoms with E-state index >= 15 is 0 Å². The van der Waals surface area contributed by atoms with Gasteiger partial charge in [-0.15, -0.1) is 0 Å². The third-order valence-corrected chi connectivity index (χ3v) is 5.81. The molecule has 0 aromatic heterocycles. The summed E-state index contributed by atoms with van der Waals surface area (Å²) in [6, 6.07) is 5.53. The van der Waals surface area contributed by atoms with Crippen molar-refractivity contribution in [3.05, 3.63) is 23.8 Å². The first-order valence-corrected chi connectivity index (χ1v) is 8.57. The summed E-state index contributed by atoms with van der Waals surface area (Å²) in [6.45, 7) is 1.79. The fourth-order valence-corrected chi connectivity index (χ4v) is 4.10. The van der Waals surface area contributed by atoms with Crippen LogP contribution < -0.4 is 9.47 Å². The van der Waals surface area contributed by atoms with Crippen molar-refractivity contribution < 1.29 is 17.9 Å². The second kappa shape index (κ2) is 5.82. The molecule has 0 radical (unpaired) electrons. The lowest BCUT2D eigenvalue weighted by atomic mass is 10.2. The maximum atomic E-state index is 12.5. The summed E-state index contributed by atoms with van der Waals surface area (Å²) in [6.07, 6.45) is 2.99. The van der Waals surface area contributed by atoms with Crippen LogP contribution in [0, 0.1) is 0 Å². The van der Waals surface area contributed by atoms with Crippen LogP contribution in [0.4, 0.5) is 0 Å². The zero-order chi connectivity index (χ0) is 14.9. The molecule has 1 fully saturated rings. The lowest BCUT2D eigenvalue weighted by Crippen LogP contribution is -2.43. The predicted molar refractivity (Wildman–Crippen MR) is 78.4 cm³/mol. The molecule has 21 heavy (non-hydrogen) atoms. The smallest absolute Gasteiger partial charge is 0.282 e. The SMILES string of the molecule is CN(Cc1ccc2c(c1)OCO2)S(=O)(=O)N1CCCCC1. The minimum atomic E-state index is -3.38. The van der Waals surface area contributed by atoms with Gasteiger partial charge in [-0.2, -0.15) is 17.0 Å². The van der Waals surface area contributed by atoms with Crippen LogP contribution in [0.15, 0.2) is 18.2 Å². The van der Waals surface area contributed by atoms with Gasteiger partial charge in [-0.25, -0.2) is 0 Å². The molecule has 1 aromatic carbocycles. The van der Waals surface area contributed by atoms with Gasteiger partial charge >= 0.3 is 0 Å². The molecule has 7 heteroatoms. The fourth-order valence-electron chi connectivity index (χ4n) is 2.67. The minimum Gasteiger partial charge on any atom is -0.454 e. The summed E-state index contributed by atoms with van der Waals surface area (Å²) in [7, 11) is -1.76. The van der Waals surface area contributed by atoms with Crippen molar-refractivity contribution >= 4 is 10.2 Å². The van der Waals surface area contributed by atoms with Gasteiger partial charge in [0.2, 0.25) is 6.79 Å². The Kier molecular flexibility index (Phi) is 4.05. The molecular weight excluding hydrogens is 292 g/mol. The molecule has 2 aliphatic rings. The third-order valence-electron chi connectivity index (χ3n) is 3.88. The number of piperidine rings is 1. The summed E-state index contributed by atoms with van der Waals surface area (Å²) in [5.41, 5.74) is 0.891. The van der Waals surface area contributed by atoms with Crippen molar-refractivity contribution in [1.82, 2.24) is 8.61 Å². The molecule has 0 N–H and O–H groups in total. The van der Waals surface area contributed by atoms with E-state index in [4.69, 9.17) is 9.47 Å². The molecular formula is C14H20N2O4S. The van der Waals surface area contributed by atoms with Gasteiger partial charge in [0.15, 0.2) is 11.5 Å². The number of hydrogen-bond acceptors (Lipinski definition) is 4. The molecule has 0 saturated carbocycles. The van der Waals surface area contributed by atoms with Crippen LogP contribution in [0.1, 0.15) is 24.8 Å². The monoisotopic (exact) mass is 312 g/mol. The summed E-state index contributed by atoms with van der Waals surface area (Å²) in [4.78, 5) is 0. The lowest BCUT2D eigenvalue weighted by molar-refractivity contribution is 0.174. The van der Waals surface area contributed by atoms with Crippen LogP contribution in [0.2, 0.25) is 0 Å². The molecule has 1 saturated heterocycles. The van der Waals surface area contributed by atoms with Gasteiger partial charge in [0.05, 0.1) is 0 Å². The van der Waals surface area contributed by atoms with E-state index in [1.54, 1.807) is 11.4 Å². The van der Waals surface area contributed by atoms with Gasteiger partial charge in [0.25, 0.3) is 10.2 Å². The molecule has 0 atom stereocenters. The Morgan fingerprint density at radius 3 is 2.62 bits per heavy atom. The summed E-state index contributed by atoms with van der Waals surface area (Å²) in [5, 5.41) is 0. The fraction of sp³-hybridized carbons (Fsp3) is 0.571. The Morgan fingerprint density at radius 1 is 1.14 bits per heavy atom. The van der Waals surface area contributed by atoms with Gasteiger partial charge in [0, 0.05) is 26.7 Å². The van der Waals surface area contributed by atoms with Gasteiger partial charge in [0.1, 0.15) is 0 Å². The first kappa shape index (κ1) is 14.6.